The zero-order valence-electron chi connectivity index (χ0n) is 18.0. The number of nitrogens with zero attached hydrogens (tertiary/aromatic N) is 3. The van der Waals surface area contributed by atoms with Crippen LogP contribution in [0.1, 0.15) is 30.6 Å². The van der Waals surface area contributed by atoms with Crippen molar-refractivity contribution in [2.75, 3.05) is 11.4 Å². The van der Waals surface area contributed by atoms with Gasteiger partial charge in [0.15, 0.2) is 5.13 Å². The second-order valence-corrected chi connectivity index (χ2v) is 12.1. The molecule has 1 fully saturated rings. The molecule has 1 unspecified atom stereocenters. The summed E-state index contributed by atoms with van der Waals surface area (Å²) >= 11 is 2.60. The van der Waals surface area contributed by atoms with Gasteiger partial charge in [-0.15, -0.1) is 11.3 Å². The molecule has 1 aliphatic heterocycles. The number of thiophene rings is 1. The number of aryl methyl sites for hydroxylation is 1. The maximum atomic E-state index is 14.0. The zero-order chi connectivity index (χ0) is 23.0. The number of rotatable bonds is 6. The molecule has 3 aromatic heterocycles. The van der Waals surface area contributed by atoms with Crippen LogP contribution in [0.2, 0.25) is 0 Å². The lowest BCUT2D eigenvalue weighted by atomic mass is 10.0. The molecule has 0 aliphatic carbocycles. The van der Waals surface area contributed by atoms with Crippen molar-refractivity contribution in [3.8, 4) is 0 Å². The summed E-state index contributed by atoms with van der Waals surface area (Å²) in [6, 6.07) is 12.0. The summed E-state index contributed by atoms with van der Waals surface area (Å²) in [5.74, 6) is 0.339. The number of aromatic nitrogens is 1. The Labute approximate surface area is 200 Å². The first-order valence-electron chi connectivity index (χ1n) is 10.7. The largest absolute Gasteiger partial charge is 0.467 e. The van der Waals surface area contributed by atoms with Crippen LogP contribution in [0.3, 0.4) is 0 Å². The molecular weight excluding hydrogens is 478 g/mol. The normalized spacial score (nSPS) is 17.4. The second-order valence-electron chi connectivity index (χ2n) is 7.98. The van der Waals surface area contributed by atoms with Crippen LogP contribution in [-0.2, 0) is 21.4 Å². The lowest BCUT2D eigenvalue weighted by Crippen LogP contribution is -2.52. The van der Waals surface area contributed by atoms with Crippen molar-refractivity contribution in [2.24, 2.45) is 0 Å². The Morgan fingerprint density at radius 2 is 2.09 bits per heavy atom. The van der Waals surface area contributed by atoms with Crippen molar-refractivity contribution >= 4 is 54.0 Å². The topological polar surface area (TPSA) is 83.7 Å². The van der Waals surface area contributed by atoms with Crippen LogP contribution in [-0.4, -0.2) is 36.2 Å². The van der Waals surface area contributed by atoms with Gasteiger partial charge in [-0.05, 0) is 55.0 Å². The van der Waals surface area contributed by atoms with Gasteiger partial charge in [-0.25, -0.2) is 13.4 Å². The zero-order valence-corrected chi connectivity index (χ0v) is 20.5. The number of sulfonamides is 1. The van der Waals surface area contributed by atoms with Crippen LogP contribution >= 0.6 is 22.7 Å². The molecule has 33 heavy (non-hydrogen) atoms. The Morgan fingerprint density at radius 3 is 2.82 bits per heavy atom. The molecule has 1 atom stereocenters. The van der Waals surface area contributed by atoms with E-state index in [1.54, 1.807) is 40.8 Å². The number of hydrogen-bond donors (Lipinski definition) is 0. The van der Waals surface area contributed by atoms with Gasteiger partial charge in [0.05, 0.1) is 23.0 Å². The summed E-state index contributed by atoms with van der Waals surface area (Å²) in [5.41, 5.74) is 1.88. The first-order valence-corrected chi connectivity index (χ1v) is 13.8. The van der Waals surface area contributed by atoms with Crippen molar-refractivity contribution in [1.82, 2.24) is 9.29 Å². The third-order valence-electron chi connectivity index (χ3n) is 5.80. The fourth-order valence-corrected chi connectivity index (χ4v) is 7.95. The molecule has 172 valence electrons. The molecular formula is C23H23N3O4S3. The molecule has 1 amide bonds. The fourth-order valence-electron chi connectivity index (χ4n) is 4.13. The highest BCUT2D eigenvalue weighted by Gasteiger charge is 2.41. The number of para-hydroxylation sites is 1. The first kappa shape index (κ1) is 22.3. The van der Waals surface area contributed by atoms with Gasteiger partial charge >= 0.3 is 0 Å². The van der Waals surface area contributed by atoms with Gasteiger partial charge in [0.1, 0.15) is 16.0 Å². The number of amides is 1. The number of fused-ring (bicyclic) bond motifs is 1. The summed E-state index contributed by atoms with van der Waals surface area (Å²) in [6.45, 7) is 2.50. The van der Waals surface area contributed by atoms with E-state index in [2.05, 4.69) is 0 Å². The van der Waals surface area contributed by atoms with E-state index in [1.807, 2.05) is 25.1 Å². The molecule has 5 rings (SSSR count). The molecule has 0 radical (unpaired) electrons. The van der Waals surface area contributed by atoms with Crippen LogP contribution in [0.15, 0.2) is 62.7 Å². The minimum atomic E-state index is -3.76. The highest BCUT2D eigenvalue weighted by atomic mass is 32.2. The van der Waals surface area contributed by atoms with E-state index in [9.17, 15) is 13.2 Å². The SMILES string of the molecule is Cc1cccc2sc(N(Cc3ccco3)C(=O)C3CCCCN3S(=O)(=O)c3cccs3)nc12. The highest BCUT2D eigenvalue weighted by Crippen LogP contribution is 2.34. The number of furan rings is 1. The van der Waals surface area contributed by atoms with E-state index >= 15 is 0 Å². The minimum absolute atomic E-state index is 0.189. The van der Waals surface area contributed by atoms with E-state index in [0.717, 1.165) is 28.6 Å². The average Bonchev–Trinajstić information content (AvgIpc) is 3.59. The Morgan fingerprint density at radius 1 is 1.21 bits per heavy atom. The molecule has 10 heteroatoms. The lowest BCUT2D eigenvalue weighted by Gasteiger charge is -2.35. The molecule has 0 N–H and O–H groups in total. The van der Waals surface area contributed by atoms with Crippen molar-refractivity contribution in [2.45, 2.75) is 43.0 Å². The molecule has 7 nitrogen and oxygen atoms in total. The fraction of sp³-hybridized carbons (Fsp3) is 0.304. The number of anilines is 1. The van der Waals surface area contributed by atoms with Gasteiger partial charge in [0.25, 0.3) is 10.0 Å². The Bertz CT molecular complexity index is 1360. The smallest absolute Gasteiger partial charge is 0.253 e. The quantitative estimate of drug-likeness (QED) is 0.370. The highest BCUT2D eigenvalue weighted by molar-refractivity contribution is 7.91. The lowest BCUT2D eigenvalue weighted by molar-refractivity contribution is -0.123. The number of thiazole rings is 1. The molecule has 0 bridgehead atoms. The molecule has 4 heterocycles. The van der Waals surface area contributed by atoms with E-state index in [0.29, 0.717) is 23.9 Å². The summed E-state index contributed by atoms with van der Waals surface area (Å²) in [7, 11) is -3.76. The predicted molar refractivity (Wildman–Crippen MR) is 130 cm³/mol. The van der Waals surface area contributed by atoms with E-state index in [4.69, 9.17) is 9.40 Å². The summed E-state index contributed by atoms with van der Waals surface area (Å²) in [5, 5.41) is 2.28. The van der Waals surface area contributed by atoms with Crippen LogP contribution < -0.4 is 4.90 Å². The predicted octanol–water partition coefficient (Wildman–Crippen LogP) is 5.04. The third-order valence-corrected chi connectivity index (χ3v) is 10.1. The van der Waals surface area contributed by atoms with E-state index in [-0.39, 0.29) is 16.7 Å². The molecule has 4 aromatic rings. The minimum Gasteiger partial charge on any atom is -0.467 e. The standard InChI is InChI=1S/C23H23N3O4S3/c1-16-7-4-10-19-21(16)24-23(32-19)25(15-17-8-5-13-30-17)22(27)18-9-2-3-12-26(18)33(28,29)20-11-6-14-31-20/h4-8,10-11,13-14,18H,2-3,9,12,15H2,1H3. The monoisotopic (exact) mass is 501 g/mol. The van der Waals surface area contributed by atoms with Crippen LogP contribution in [0, 0.1) is 6.92 Å². The number of benzene rings is 1. The summed E-state index contributed by atoms with van der Waals surface area (Å²) < 4.78 is 34.9. The van der Waals surface area contributed by atoms with Gasteiger partial charge in [-0.1, -0.05) is 36.0 Å². The summed E-state index contributed by atoms with van der Waals surface area (Å²) in [6.07, 6.45) is 3.56. The molecule has 1 saturated heterocycles. The van der Waals surface area contributed by atoms with Gasteiger partial charge < -0.3 is 4.42 Å². The molecule has 1 aliphatic rings. The molecule has 1 aromatic carbocycles. The van der Waals surface area contributed by atoms with Crippen LogP contribution in [0.4, 0.5) is 5.13 Å². The maximum absolute atomic E-state index is 14.0. The van der Waals surface area contributed by atoms with Crippen molar-refractivity contribution in [1.29, 1.82) is 0 Å². The molecule has 0 saturated carbocycles. The van der Waals surface area contributed by atoms with Crippen molar-refractivity contribution in [3.63, 3.8) is 0 Å². The van der Waals surface area contributed by atoms with Crippen molar-refractivity contribution in [3.05, 3.63) is 65.4 Å². The first-order chi connectivity index (χ1) is 15.9. The van der Waals surface area contributed by atoms with E-state index in [1.165, 1.54) is 27.0 Å². The van der Waals surface area contributed by atoms with Crippen LogP contribution in [0.5, 0.6) is 0 Å². The van der Waals surface area contributed by atoms with Gasteiger partial charge in [-0.3, -0.25) is 9.69 Å². The second kappa shape index (κ2) is 9.02. The number of carbonyl (C=O) groups excluding carboxylic acids is 1. The summed E-state index contributed by atoms with van der Waals surface area (Å²) in [4.78, 5) is 20.3. The van der Waals surface area contributed by atoms with Gasteiger partial charge in [0, 0.05) is 6.54 Å². The Kier molecular flexibility index (Phi) is 6.09. The Balaban J connectivity index is 1.54. The number of piperidine rings is 1. The molecule has 0 spiro atoms. The van der Waals surface area contributed by atoms with Gasteiger partial charge in [0.2, 0.25) is 5.91 Å². The van der Waals surface area contributed by atoms with E-state index < -0.39 is 16.1 Å². The maximum Gasteiger partial charge on any atom is 0.253 e. The Hall–Kier alpha value is -2.53. The van der Waals surface area contributed by atoms with Gasteiger partial charge in [-0.2, -0.15) is 4.31 Å². The van der Waals surface area contributed by atoms with Crippen LogP contribution in [0.25, 0.3) is 10.2 Å². The third kappa shape index (κ3) is 4.23. The number of hydrogen-bond acceptors (Lipinski definition) is 7. The number of carbonyl (C=O) groups is 1. The average molecular weight is 502 g/mol. The van der Waals surface area contributed by atoms with Crippen molar-refractivity contribution < 1.29 is 17.6 Å².